The Hall–Kier alpha value is -1.46. The zero-order valence-electron chi connectivity index (χ0n) is 11.3. The zero-order valence-corrected chi connectivity index (χ0v) is 13.7. The number of halogens is 1. The minimum atomic E-state index is 0.738. The fourth-order valence-corrected chi connectivity index (χ4v) is 3.56. The average Bonchev–Trinajstić information content (AvgIpc) is 2.74. The molecule has 0 spiro atoms. The molecule has 102 valence electrons. The van der Waals surface area contributed by atoms with Crippen LogP contribution < -0.4 is 5.32 Å². The molecule has 3 rings (SSSR count). The van der Waals surface area contributed by atoms with Crippen LogP contribution in [0.15, 0.2) is 35.1 Å². The highest BCUT2D eigenvalue weighted by Crippen LogP contribution is 2.32. The van der Waals surface area contributed by atoms with Gasteiger partial charge in [-0.05, 0) is 31.0 Å². The highest BCUT2D eigenvalue weighted by atomic mass is 79.9. The van der Waals surface area contributed by atoms with Crippen LogP contribution in [0.25, 0.3) is 10.2 Å². The summed E-state index contributed by atoms with van der Waals surface area (Å²) >= 11 is 5.28. The van der Waals surface area contributed by atoms with Gasteiger partial charge in [-0.1, -0.05) is 34.1 Å². The van der Waals surface area contributed by atoms with E-state index in [-0.39, 0.29) is 0 Å². The molecule has 2 aromatic heterocycles. The molecule has 0 fully saturated rings. The summed E-state index contributed by atoms with van der Waals surface area (Å²) in [6, 6.07) is 8.20. The third kappa shape index (κ3) is 2.43. The van der Waals surface area contributed by atoms with E-state index in [1.165, 1.54) is 16.0 Å². The van der Waals surface area contributed by atoms with E-state index in [1.54, 1.807) is 17.7 Å². The predicted molar refractivity (Wildman–Crippen MR) is 88.4 cm³/mol. The number of rotatable bonds is 3. The van der Waals surface area contributed by atoms with Crippen LogP contribution in [0.3, 0.4) is 0 Å². The number of hydrogen-bond donors (Lipinski definition) is 1. The standard InChI is InChI=1S/C15H14BrN3S/c1-9-10(2)20-15-13(9)14(18-8-19-15)17-7-11-5-3-4-6-12(11)16/h3-6,8H,7H2,1-2H3,(H,17,18,19). The van der Waals surface area contributed by atoms with Crippen molar-refractivity contribution in [2.75, 3.05) is 5.32 Å². The highest BCUT2D eigenvalue weighted by Gasteiger charge is 2.11. The molecular weight excluding hydrogens is 334 g/mol. The summed E-state index contributed by atoms with van der Waals surface area (Å²) in [4.78, 5) is 11.1. The Morgan fingerprint density at radius 2 is 2.00 bits per heavy atom. The van der Waals surface area contributed by atoms with Gasteiger partial charge in [0.15, 0.2) is 0 Å². The Labute approximate surface area is 130 Å². The lowest BCUT2D eigenvalue weighted by atomic mass is 10.2. The summed E-state index contributed by atoms with van der Waals surface area (Å²) in [5.41, 5.74) is 2.48. The first-order valence-corrected chi connectivity index (χ1v) is 7.95. The summed E-state index contributed by atoms with van der Waals surface area (Å²) in [5, 5.41) is 4.57. The minimum Gasteiger partial charge on any atom is -0.365 e. The summed E-state index contributed by atoms with van der Waals surface area (Å²) in [7, 11) is 0. The first kappa shape index (κ1) is 13.5. The van der Waals surface area contributed by atoms with Gasteiger partial charge < -0.3 is 5.32 Å². The largest absolute Gasteiger partial charge is 0.365 e. The maximum absolute atomic E-state index is 4.39. The summed E-state index contributed by atoms with van der Waals surface area (Å²) in [6.45, 7) is 4.99. The van der Waals surface area contributed by atoms with Gasteiger partial charge in [0, 0.05) is 15.9 Å². The van der Waals surface area contributed by atoms with Crippen molar-refractivity contribution < 1.29 is 0 Å². The molecule has 20 heavy (non-hydrogen) atoms. The second kappa shape index (κ2) is 5.50. The molecule has 0 saturated carbocycles. The van der Waals surface area contributed by atoms with Gasteiger partial charge in [0.2, 0.25) is 0 Å². The van der Waals surface area contributed by atoms with Crippen LogP contribution in [0.2, 0.25) is 0 Å². The van der Waals surface area contributed by atoms with E-state index < -0.39 is 0 Å². The Bertz CT molecular complexity index is 767. The lowest BCUT2D eigenvalue weighted by Gasteiger charge is -2.08. The third-order valence-electron chi connectivity index (χ3n) is 3.37. The number of fused-ring (bicyclic) bond motifs is 1. The first-order valence-electron chi connectivity index (χ1n) is 6.35. The maximum Gasteiger partial charge on any atom is 0.138 e. The van der Waals surface area contributed by atoms with Crippen LogP contribution in [0.4, 0.5) is 5.82 Å². The van der Waals surface area contributed by atoms with E-state index >= 15 is 0 Å². The van der Waals surface area contributed by atoms with Crippen molar-refractivity contribution >= 4 is 43.3 Å². The van der Waals surface area contributed by atoms with Crippen LogP contribution in [0, 0.1) is 13.8 Å². The topological polar surface area (TPSA) is 37.8 Å². The third-order valence-corrected chi connectivity index (χ3v) is 5.26. The molecule has 0 saturated heterocycles. The molecule has 1 N–H and O–H groups in total. The Balaban J connectivity index is 1.94. The molecule has 0 aliphatic heterocycles. The lowest BCUT2D eigenvalue weighted by Crippen LogP contribution is -2.03. The molecule has 0 aliphatic rings. The molecule has 0 unspecified atom stereocenters. The quantitative estimate of drug-likeness (QED) is 0.747. The van der Waals surface area contributed by atoms with Gasteiger partial charge >= 0.3 is 0 Å². The van der Waals surface area contributed by atoms with Crippen molar-refractivity contribution in [2.24, 2.45) is 0 Å². The number of nitrogens with one attached hydrogen (secondary N) is 1. The van der Waals surface area contributed by atoms with Gasteiger partial charge in [0.05, 0.1) is 5.39 Å². The smallest absolute Gasteiger partial charge is 0.138 e. The predicted octanol–water partition coefficient (Wildman–Crippen LogP) is 4.68. The Kier molecular flexibility index (Phi) is 3.72. The summed E-state index contributed by atoms with van der Waals surface area (Å²) in [5.74, 6) is 0.910. The number of anilines is 1. The number of hydrogen-bond acceptors (Lipinski definition) is 4. The molecule has 5 heteroatoms. The van der Waals surface area contributed by atoms with Gasteiger partial charge in [0.25, 0.3) is 0 Å². The molecule has 1 aromatic carbocycles. The number of thiophene rings is 1. The molecule has 0 bridgehead atoms. The van der Waals surface area contributed by atoms with Crippen molar-refractivity contribution in [3.63, 3.8) is 0 Å². The van der Waals surface area contributed by atoms with E-state index in [0.717, 1.165) is 27.1 Å². The molecule has 0 atom stereocenters. The normalized spacial score (nSPS) is 10.9. The second-order valence-electron chi connectivity index (χ2n) is 4.63. The molecule has 3 aromatic rings. The van der Waals surface area contributed by atoms with Crippen LogP contribution in [0.5, 0.6) is 0 Å². The van der Waals surface area contributed by atoms with Crippen LogP contribution in [-0.2, 0) is 6.54 Å². The van der Waals surface area contributed by atoms with Crippen molar-refractivity contribution in [2.45, 2.75) is 20.4 Å². The minimum absolute atomic E-state index is 0.738. The SMILES string of the molecule is Cc1sc2ncnc(NCc3ccccc3Br)c2c1C. The van der Waals surface area contributed by atoms with Gasteiger partial charge in [-0.15, -0.1) is 11.3 Å². The van der Waals surface area contributed by atoms with E-state index in [9.17, 15) is 0 Å². The first-order chi connectivity index (χ1) is 9.66. The molecule has 2 heterocycles. The molecule has 0 amide bonds. The molecular formula is C15H14BrN3S. The van der Waals surface area contributed by atoms with E-state index in [4.69, 9.17) is 0 Å². The van der Waals surface area contributed by atoms with Gasteiger partial charge in [-0.2, -0.15) is 0 Å². The molecule has 0 radical (unpaired) electrons. The Morgan fingerprint density at radius 1 is 1.20 bits per heavy atom. The lowest BCUT2D eigenvalue weighted by molar-refractivity contribution is 1.10. The monoisotopic (exact) mass is 347 g/mol. The van der Waals surface area contributed by atoms with Crippen molar-refractivity contribution in [3.8, 4) is 0 Å². The zero-order chi connectivity index (χ0) is 14.1. The van der Waals surface area contributed by atoms with E-state index in [0.29, 0.717) is 0 Å². The fourth-order valence-electron chi connectivity index (χ4n) is 2.14. The van der Waals surface area contributed by atoms with Crippen molar-refractivity contribution in [1.29, 1.82) is 0 Å². The van der Waals surface area contributed by atoms with Crippen LogP contribution >= 0.6 is 27.3 Å². The van der Waals surface area contributed by atoms with Gasteiger partial charge in [0.1, 0.15) is 17.0 Å². The molecule has 3 nitrogen and oxygen atoms in total. The summed E-state index contributed by atoms with van der Waals surface area (Å²) in [6.07, 6.45) is 1.63. The molecule has 0 aliphatic carbocycles. The Morgan fingerprint density at radius 3 is 2.80 bits per heavy atom. The number of aromatic nitrogens is 2. The summed E-state index contributed by atoms with van der Waals surface area (Å²) < 4.78 is 1.11. The highest BCUT2D eigenvalue weighted by molar-refractivity contribution is 9.10. The van der Waals surface area contributed by atoms with E-state index in [1.807, 2.05) is 18.2 Å². The van der Waals surface area contributed by atoms with Crippen molar-refractivity contribution in [3.05, 3.63) is 51.1 Å². The second-order valence-corrected chi connectivity index (χ2v) is 6.69. The number of nitrogens with zero attached hydrogens (tertiary/aromatic N) is 2. The van der Waals surface area contributed by atoms with Gasteiger partial charge in [-0.25, -0.2) is 9.97 Å². The average molecular weight is 348 g/mol. The number of benzene rings is 1. The maximum atomic E-state index is 4.39. The fraction of sp³-hybridized carbons (Fsp3) is 0.200. The van der Waals surface area contributed by atoms with Crippen LogP contribution in [-0.4, -0.2) is 9.97 Å². The van der Waals surface area contributed by atoms with Crippen molar-refractivity contribution in [1.82, 2.24) is 9.97 Å². The van der Waals surface area contributed by atoms with Gasteiger partial charge in [-0.3, -0.25) is 0 Å². The number of aryl methyl sites for hydroxylation is 2. The van der Waals surface area contributed by atoms with E-state index in [2.05, 4.69) is 51.1 Å². The van der Waals surface area contributed by atoms with Crippen LogP contribution in [0.1, 0.15) is 16.0 Å².